The maximum absolute atomic E-state index is 14.4. The quantitative estimate of drug-likeness (QED) is 0.109. The molecule has 6 heteroatoms. The number of ether oxygens (including phenoxy) is 2. The predicted octanol–water partition coefficient (Wildman–Crippen LogP) is 12.8. The summed E-state index contributed by atoms with van der Waals surface area (Å²) < 4.78 is 18.5. The summed E-state index contributed by atoms with van der Waals surface area (Å²) in [6, 6.07) is 53.1. The molecule has 0 bridgehead atoms. The highest BCUT2D eigenvalue weighted by Gasteiger charge is 2.48. The number of hydrogen-bond donors (Lipinski definition) is 0. The second kappa shape index (κ2) is 16.1. The highest BCUT2D eigenvalue weighted by Crippen LogP contribution is 2.53. The number of anilines is 1. The molecule has 0 saturated heterocycles. The molecule has 300 valence electrons. The summed E-state index contributed by atoms with van der Waals surface area (Å²) in [5.41, 5.74) is 11.6. The molecule has 6 nitrogen and oxygen atoms in total. The second-order valence-corrected chi connectivity index (χ2v) is 15.2. The minimum atomic E-state index is -1.37. The molecule has 0 aliphatic carbocycles. The highest BCUT2D eigenvalue weighted by atomic mass is 16.6. The topological polar surface area (TPSA) is 48.6 Å². The number of aromatic nitrogens is 2. The van der Waals surface area contributed by atoms with Gasteiger partial charge in [-0.25, -0.2) is 4.79 Å². The van der Waals surface area contributed by atoms with E-state index in [1.807, 2.05) is 31.2 Å². The number of esters is 1. The maximum atomic E-state index is 14.4. The molecule has 60 heavy (non-hydrogen) atoms. The average molecular weight is 790 g/mol. The number of nitrogens with zero attached hydrogens (tertiary/aromatic N) is 3. The van der Waals surface area contributed by atoms with Gasteiger partial charge in [0.2, 0.25) is 0 Å². The number of hydrogen-bond acceptors (Lipinski definition) is 4. The summed E-state index contributed by atoms with van der Waals surface area (Å²) >= 11 is 0. The van der Waals surface area contributed by atoms with E-state index in [-0.39, 0.29) is 5.97 Å². The van der Waals surface area contributed by atoms with Crippen LogP contribution in [-0.4, -0.2) is 34.8 Å². The number of rotatable bonds is 13. The van der Waals surface area contributed by atoms with E-state index in [0.29, 0.717) is 17.9 Å². The van der Waals surface area contributed by atoms with Gasteiger partial charge in [0.25, 0.3) is 0 Å². The van der Waals surface area contributed by atoms with Gasteiger partial charge in [0.15, 0.2) is 5.60 Å². The zero-order valence-corrected chi connectivity index (χ0v) is 35.1. The number of aryl methyl sites for hydroxylation is 2. The smallest absolute Gasteiger partial charge is 0.340 e. The average Bonchev–Trinajstić information content (AvgIpc) is 3.92. The molecule has 0 radical (unpaired) electrons. The van der Waals surface area contributed by atoms with Crippen molar-refractivity contribution in [1.29, 1.82) is 0 Å². The van der Waals surface area contributed by atoms with Crippen LogP contribution in [0.2, 0.25) is 0 Å². The second-order valence-electron chi connectivity index (χ2n) is 15.2. The summed E-state index contributed by atoms with van der Waals surface area (Å²) in [6.45, 7) is 14.4. The van der Waals surface area contributed by atoms with Crippen molar-refractivity contribution in [3.05, 3.63) is 186 Å². The molecule has 0 fully saturated rings. The van der Waals surface area contributed by atoms with Crippen LogP contribution in [0.4, 0.5) is 5.69 Å². The van der Waals surface area contributed by atoms with Gasteiger partial charge in [-0.3, -0.25) is 0 Å². The van der Waals surface area contributed by atoms with E-state index in [0.717, 1.165) is 104 Å². The number of carbonyl (C=O) groups is 1. The van der Waals surface area contributed by atoms with Gasteiger partial charge in [-0.1, -0.05) is 115 Å². The van der Waals surface area contributed by atoms with E-state index >= 15 is 0 Å². The Hall–Kier alpha value is -6.79. The fourth-order valence-electron chi connectivity index (χ4n) is 9.58. The first-order valence-corrected chi connectivity index (χ1v) is 21.4. The van der Waals surface area contributed by atoms with Crippen LogP contribution in [0.3, 0.4) is 0 Å². The van der Waals surface area contributed by atoms with Gasteiger partial charge in [0, 0.05) is 82.0 Å². The molecule has 1 atom stereocenters. The molecule has 1 unspecified atom stereocenters. The zero-order chi connectivity index (χ0) is 41.4. The molecule has 6 aromatic carbocycles. The molecule has 1 aliphatic heterocycles. The SMILES string of the molecule is CCOc1cc(N(CC)CC)ccc1C1(C=C(c2c(-c3ccccc3)n(CC)c3ccccc23)c2c(-c3ccccc3)n(CC)c3ccccc23)OC(=O)c2ccccc21. The van der Waals surface area contributed by atoms with Gasteiger partial charge in [-0.2, -0.15) is 0 Å². The van der Waals surface area contributed by atoms with E-state index in [2.05, 4.69) is 175 Å². The third kappa shape index (κ3) is 6.21. The monoisotopic (exact) mass is 789 g/mol. The molecule has 8 aromatic rings. The normalized spacial score (nSPS) is 14.7. The Kier molecular flexibility index (Phi) is 10.4. The Labute approximate surface area is 352 Å². The summed E-state index contributed by atoms with van der Waals surface area (Å²) in [5, 5.41) is 2.23. The van der Waals surface area contributed by atoms with Gasteiger partial charge in [0.05, 0.1) is 23.6 Å². The van der Waals surface area contributed by atoms with Gasteiger partial charge < -0.3 is 23.5 Å². The fourth-order valence-corrected chi connectivity index (χ4v) is 9.58. The molecule has 0 N–H and O–H groups in total. The summed E-state index contributed by atoms with van der Waals surface area (Å²) in [6.07, 6.45) is 2.26. The van der Waals surface area contributed by atoms with Crippen molar-refractivity contribution in [2.24, 2.45) is 0 Å². The van der Waals surface area contributed by atoms with Crippen LogP contribution in [0, 0.1) is 0 Å². The van der Waals surface area contributed by atoms with Crippen molar-refractivity contribution in [1.82, 2.24) is 9.13 Å². The number of carbonyl (C=O) groups excluding carboxylic acids is 1. The lowest BCUT2D eigenvalue weighted by Gasteiger charge is -2.31. The summed E-state index contributed by atoms with van der Waals surface area (Å²) in [7, 11) is 0. The van der Waals surface area contributed by atoms with Crippen molar-refractivity contribution in [2.45, 2.75) is 53.3 Å². The van der Waals surface area contributed by atoms with Crippen molar-refractivity contribution >= 4 is 39.0 Å². The molecule has 1 aliphatic rings. The largest absolute Gasteiger partial charge is 0.493 e. The van der Waals surface area contributed by atoms with Crippen molar-refractivity contribution < 1.29 is 14.3 Å². The van der Waals surface area contributed by atoms with Gasteiger partial charge in [-0.05, 0) is 87.7 Å². The number of fused-ring (bicyclic) bond motifs is 3. The molecule has 3 heterocycles. The molecule has 0 amide bonds. The maximum Gasteiger partial charge on any atom is 0.340 e. The van der Waals surface area contributed by atoms with Crippen LogP contribution in [0.1, 0.15) is 67.2 Å². The van der Waals surface area contributed by atoms with E-state index in [1.54, 1.807) is 0 Å². The van der Waals surface area contributed by atoms with Crippen molar-refractivity contribution in [2.75, 3.05) is 24.6 Å². The lowest BCUT2D eigenvalue weighted by molar-refractivity contribution is 0.0269. The summed E-state index contributed by atoms with van der Waals surface area (Å²) in [5.74, 6) is 0.315. The predicted molar refractivity (Wildman–Crippen MR) is 247 cm³/mol. The van der Waals surface area contributed by atoms with E-state index in [1.165, 1.54) is 0 Å². The van der Waals surface area contributed by atoms with Gasteiger partial charge >= 0.3 is 5.97 Å². The van der Waals surface area contributed by atoms with Crippen molar-refractivity contribution in [3.63, 3.8) is 0 Å². The first-order chi connectivity index (χ1) is 29.5. The van der Waals surface area contributed by atoms with Crippen LogP contribution in [0.15, 0.2) is 158 Å². The number of cyclic esters (lactones) is 1. The number of benzene rings is 6. The summed E-state index contributed by atoms with van der Waals surface area (Å²) in [4.78, 5) is 16.8. The fraction of sp³-hybridized carbons (Fsp3) is 0.204. The highest BCUT2D eigenvalue weighted by molar-refractivity contribution is 6.12. The van der Waals surface area contributed by atoms with E-state index in [4.69, 9.17) is 9.47 Å². The first-order valence-electron chi connectivity index (χ1n) is 21.4. The van der Waals surface area contributed by atoms with Crippen LogP contribution in [0.25, 0.3) is 49.9 Å². The third-order valence-electron chi connectivity index (χ3n) is 12.1. The molecule has 2 aromatic heterocycles. The minimum absolute atomic E-state index is 0.366. The van der Waals surface area contributed by atoms with E-state index in [9.17, 15) is 4.79 Å². The lowest BCUT2D eigenvalue weighted by Crippen LogP contribution is -2.28. The van der Waals surface area contributed by atoms with Crippen molar-refractivity contribution in [3.8, 4) is 28.3 Å². The third-order valence-corrected chi connectivity index (χ3v) is 12.1. The molecule has 0 saturated carbocycles. The van der Waals surface area contributed by atoms with E-state index < -0.39 is 5.60 Å². The molecule has 9 rings (SSSR count). The first kappa shape index (κ1) is 38.7. The zero-order valence-electron chi connectivity index (χ0n) is 35.1. The Bertz CT molecular complexity index is 2750. The van der Waals surface area contributed by atoms with Crippen LogP contribution < -0.4 is 9.64 Å². The number of para-hydroxylation sites is 2. The standard InChI is InChI=1S/C54H51N3O3/c1-6-55(7-2)39-33-34-45(48(35-39)59-10-5)54(44-30-20-17-27-40(44)53(58)60-54)36-43(49-41-28-18-21-31-46(41)56(8-3)51(49)37-23-13-11-14-24-37)50-42-29-19-22-32-47(42)57(9-4)52(50)38-25-15-12-16-26-38/h11-36H,6-10H2,1-5H3. The Morgan fingerprint density at radius 2 is 1.13 bits per heavy atom. The molecular weight excluding hydrogens is 739 g/mol. The molecular formula is C54H51N3O3. The van der Waals surface area contributed by atoms with Crippen LogP contribution in [-0.2, 0) is 23.4 Å². The van der Waals surface area contributed by atoms with Gasteiger partial charge in [-0.15, -0.1) is 0 Å². The lowest BCUT2D eigenvalue weighted by atomic mass is 9.79. The molecule has 0 spiro atoms. The Morgan fingerprint density at radius 3 is 1.67 bits per heavy atom. The van der Waals surface area contributed by atoms with Gasteiger partial charge in [0.1, 0.15) is 5.75 Å². The van der Waals surface area contributed by atoms with Crippen LogP contribution >= 0.6 is 0 Å². The minimum Gasteiger partial charge on any atom is -0.493 e. The Morgan fingerprint density at radius 1 is 0.617 bits per heavy atom. The van der Waals surface area contributed by atoms with Crippen LogP contribution in [0.5, 0.6) is 5.75 Å². The Balaban J connectivity index is 1.52.